The van der Waals surface area contributed by atoms with Crippen molar-refractivity contribution in [1.29, 1.82) is 0 Å². The number of fused-ring (bicyclic) bond motifs is 1. The quantitative estimate of drug-likeness (QED) is 0.461. The van der Waals surface area contributed by atoms with Gasteiger partial charge in [0.15, 0.2) is 0 Å². The number of nitrogens with zero attached hydrogens (tertiary/aromatic N) is 3. The molecule has 5 rings (SSSR count). The number of anilines is 1. The molecule has 2 aliphatic heterocycles. The van der Waals surface area contributed by atoms with Gasteiger partial charge in [0.1, 0.15) is 10.4 Å². The Balaban J connectivity index is 1.23. The molecule has 0 saturated carbocycles. The van der Waals surface area contributed by atoms with E-state index < -0.39 is 15.6 Å². The van der Waals surface area contributed by atoms with Gasteiger partial charge in [0.2, 0.25) is 5.91 Å². The van der Waals surface area contributed by atoms with Crippen LogP contribution in [-0.2, 0) is 14.8 Å². The number of para-hydroxylation sites is 1. The van der Waals surface area contributed by atoms with Crippen LogP contribution in [0.2, 0.25) is 0 Å². The van der Waals surface area contributed by atoms with Crippen LogP contribution in [0, 0.1) is 5.92 Å². The molecule has 2 saturated heterocycles. The van der Waals surface area contributed by atoms with Gasteiger partial charge in [-0.1, -0.05) is 6.07 Å². The Labute approximate surface area is 208 Å². The van der Waals surface area contributed by atoms with E-state index in [1.807, 2.05) is 0 Å². The number of hydrogen-bond acceptors (Lipinski definition) is 7. The molecule has 0 bridgehead atoms. The molecule has 1 aromatic heterocycles. The smallest absolute Gasteiger partial charge is 0.264 e. The number of likely N-dealkylation sites (tertiary alicyclic amines) is 1. The minimum absolute atomic E-state index is 0.00831. The summed E-state index contributed by atoms with van der Waals surface area (Å²) in [6.45, 7) is 1.42. The summed E-state index contributed by atoms with van der Waals surface area (Å²) >= 11 is 0. The van der Waals surface area contributed by atoms with E-state index in [0.29, 0.717) is 55.7 Å². The molecule has 1 unspecified atom stereocenters. The van der Waals surface area contributed by atoms with Crippen LogP contribution in [0.3, 0.4) is 0 Å². The Bertz CT molecular complexity index is 1400. The van der Waals surface area contributed by atoms with Crippen molar-refractivity contribution in [1.82, 2.24) is 20.2 Å². The summed E-state index contributed by atoms with van der Waals surface area (Å²) in [4.78, 5) is 34.9. The van der Waals surface area contributed by atoms with Gasteiger partial charge in [0.05, 0.1) is 11.1 Å². The lowest BCUT2D eigenvalue weighted by atomic mass is 9.82. The van der Waals surface area contributed by atoms with Crippen molar-refractivity contribution in [2.45, 2.75) is 36.2 Å². The minimum atomic E-state index is -3.92. The number of aliphatic hydroxyl groups is 1. The minimum Gasteiger partial charge on any atom is -0.390 e. The van der Waals surface area contributed by atoms with Crippen LogP contribution in [0.25, 0.3) is 11.0 Å². The number of carbonyl (C=O) groups excluding carboxylic acids is 2. The van der Waals surface area contributed by atoms with Gasteiger partial charge in [-0.2, -0.15) is 0 Å². The molecule has 3 N–H and O–H groups in total. The standard InChI is InChI=1S/C25H27N5O5S/c31-23-18(8-11-28-23)16-25(33)9-14-30(15-10-25)24(32)17-4-6-19(7-5-17)29-36(34,35)21-3-1-2-20-22(21)27-13-12-26-20/h1-7,12-13,18,29,33H,8-11,14-16H2,(H,28,31). The Morgan fingerprint density at radius 1 is 1.11 bits per heavy atom. The summed E-state index contributed by atoms with van der Waals surface area (Å²) in [5.74, 6) is -0.366. The van der Waals surface area contributed by atoms with E-state index in [0.717, 1.165) is 6.42 Å². The SMILES string of the molecule is O=C1NCCC1CC1(O)CCN(C(=O)c2ccc(NS(=O)(=O)c3cccc4nccnc34)cc2)CC1. The normalized spacial score (nSPS) is 19.8. The van der Waals surface area contributed by atoms with Crippen LogP contribution >= 0.6 is 0 Å². The summed E-state index contributed by atoms with van der Waals surface area (Å²) < 4.78 is 28.5. The molecule has 3 heterocycles. The van der Waals surface area contributed by atoms with E-state index in [1.165, 1.54) is 18.5 Å². The summed E-state index contributed by atoms with van der Waals surface area (Å²) in [6, 6.07) is 11.0. The largest absolute Gasteiger partial charge is 0.390 e. The van der Waals surface area contributed by atoms with Gasteiger partial charge >= 0.3 is 0 Å². The van der Waals surface area contributed by atoms with Gasteiger partial charge in [0, 0.05) is 49.2 Å². The van der Waals surface area contributed by atoms with Crippen LogP contribution in [-0.4, -0.2) is 65.4 Å². The second-order valence-electron chi connectivity index (χ2n) is 9.36. The zero-order chi connectivity index (χ0) is 25.3. The van der Waals surface area contributed by atoms with Crippen LogP contribution < -0.4 is 10.0 Å². The molecular formula is C25H27N5O5S. The van der Waals surface area contributed by atoms with Crippen molar-refractivity contribution in [2.24, 2.45) is 5.92 Å². The lowest BCUT2D eigenvalue weighted by molar-refractivity contribution is -0.125. The third-order valence-corrected chi connectivity index (χ3v) is 8.32. The molecular weight excluding hydrogens is 482 g/mol. The topological polar surface area (TPSA) is 142 Å². The molecule has 3 aromatic rings. The van der Waals surface area contributed by atoms with E-state index in [4.69, 9.17) is 0 Å². The predicted molar refractivity (Wildman–Crippen MR) is 133 cm³/mol. The summed E-state index contributed by atoms with van der Waals surface area (Å²) in [6.07, 6.45) is 4.90. The first kappa shape index (κ1) is 24.1. The molecule has 2 aromatic carbocycles. The molecule has 0 spiro atoms. The fourth-order valence-corrected chi connectivity index (χ4v) is 6.11. The maximum Gasteiger partial charge on any atom is 0.264 e. The number of amides is 2. The monoisotopic (exact) mass is 509 g/mol. The number of rotatable bonds is 6. The van der Waals surface area contributed by atoms with E-state index in [2.05, 4.69) is 20.0 Å². The molecule has 1 atom stereocenters. The van der Waals surface area contributed by atoms with Crippen LogP contribution in [0.15, 0.2) is 59.8 Å². The third kappa shape index (κ3) is 4.89. The summed E-state index contributed by atoms with van der Waals surface area (Å²) in [7, 11) is -3.92. The number of sulfonamides is 1. The van der Waals surface area contributed by atoms with Crippen LogP contribution in [0.5, 0.6) is 0 Å². The predicted octanol–water partition coefficient (Wildman–Crippen LogP) is 1.92. The molecule has 0 aliphatic carbocycles. The molecule has 10 nitrogen and oxygen atoms in total. The van der Waals surface area contributed by atoms with E-state index in [-0.39, 0.29) is 28.1 Å². The van der Waals surface area contributed by atoms with Crippen LogP contribution in [0.1, 0.15) is 36.0 Å². The average molecular weight is 510 g/mol. The first-order valence-electron chi connectivity index (χ1n) is 11.9. The highest BCUT2D eigenvalue weighted by Crippen LogP contribution is 2.32. The number of piperidine rings is 1. The van der Waals surface area contributed by atoms with E-state index in [9.17, 15) is 23.1 Å². The van der Waals surface area contributed by atoms with Crippen LogP contribution in [0.4, 0.5) is 5.69 Å². The number of nitrogens with one attached hydrogen (secondary N) is 2. The number of aromatic nitrogens is 2. The van der Waals surface area contributed by atoms with E-state index in [1.54, 1.807) is 41.3 Å². The lowest BCUT2D eigenvalue weighted by Gasteiger charge is -2.39. The Morgan fingerprint density at radius 2 is 1.83 bits per heavy atom. The molecule has 2 aliphatic rings. The number of carbonyl (C=O) groups is 2. The highest BCUT2D eigenvalue weighted by atomic mass is 32.2. The van der Waals surface area contributed by atoms with Gasteiger partial charge in [-0.3, -0.25) is 24.3 Å². The van der Waals surface area contributed by atoms with Crippen molar-refractivity contribution >= 4 is 38.6 Å². The van der Waals surface area contributed by atoms with Gasteiger partial charge in [-0.05, 0) is 62.1 Å². The molecule has 2 amide bonds. The van der Waals surface area contributed by atoms with Crippen molar-refractivity contribution in [3.63, 3.8) is 0 Å². The lowest BCUT2D eigenvalue weighted by Crippen LogP contribution is -2.48. The van der Waals surface area contributed by atoms with Gasteiger partial charge < -0.3 is 15.3 Å². The maximum absolute atomic E-state index is 13.0. The number of hydrogen-bond donors (Lipinski definition) is 3. The molecule has 36 heavy (non-hydrogen) atoms. The maximum atomic E-state index is 13.0. The number of benzene rings is 2. The third-order valence-electron chi connectivity index (χ3n) is 6.91. The highest BCUT2D eigenvalue weighted by Gasteiger charge is 2.39. The average Bonchev–Trinajstić information content (AvgIpc) is 3.27. The first-order chi connectivity index (χ1) is 17.2. The Morgan fingerprint density at radius 3 is 2.53 bits per heavy atom. The van der Waals surface area contributed by atoms with Gasteiger partial charge in [0.25, 0.3) is 15.9 Å². The van der Waals surface area contributed by atoms with Gasteiger partial charge in [-0.15, -0.1) is 0 Å². The summed E-state index contributed by atoms with van der Waals surface area (Å²) in [5, 5.41) is 13.7. The summed E-state index contributed by atoms with van der Waals surface area (Å²) in [5.41, 5.74) is 0.543. The zero-order valence-electron chi connectivity index (χ0n) is 19.6. The first-order valence-corrected chi connectivity index (χ1v) is 13.3. The fraction of sp³-hybridized carbons (Fsp3) is 0.360. The fourth-order valence-electron chi connectivity index (χ4n) is 4.89. The highest BCUT2D eigenvalue weighted by molar-refractivity contribution is 7.93. The van der Waals surface area contributed by atoms with Crippen molar-refractivity contribution in [3.8, 4) is 0 Å². The second kappa shape index (κ2) is 9.47. The Kier molecular flexibility index (Phi) is 6.35. The second-order valence-corrected chi connectivity index (χ2v) is 11.0. The van der Waals surface area contributed by atoms with Crippen molar-refractivity contribution in [3.05, 3.63) is 60.4 Å². The molecule has 0 radical (unpaired) electrons. The van der Waals surface area contributed by atoms with Crippen molar-refractivity contribution in [2.75, 3.05) is 24.4 Å². The molecule has 2 fully saturated rings. The van der Waals surface area contributed by atoms with Gasteiger partial charge in [-0.25, -0.2) is 8.42 Å². The van der Waals surface area contributed by atoms with Crippen molar-refractivity contribution < 1.29 is 23.1 Å². The van der Waals surface area contributed by atoms with E-state index >= 15 is 0 Å². The molecule has 188 valence electrons. The Hall–Kier alpha value is -3.57. The zero-order valence-corrected chi connectivity index (χ0v) is 20.4. The molecule has 11 heteroatoms.